The number of allylic oxidation sites excluding steroid dienone is 1. The highest BCUT2D eigenvalue weighted by molar-refractivity contribution is 6.21. The number of aromatic amines is 1. The van der Waals surface area contributed by atoms with Gasteiger partial charge in [0.25, 0.3) is 5.91 Å². The van der Waals surface area contributed by atoms with Gasteiger partial charge in [-0.25, -0.2) is 0 Å². The van der Waals surface area contributed by atoms with Crippen molar-refractivity contribution in [1.29, 1.82) is 0 Å². The van der Waals surface area contributed by atoms with E-state index in [0.29, 0.717) is 0 Å². The Hall–Kier alpha value is -2.44. The van der Waals surface area contributed by atoms with Crippen LogP contribution in [0, 0.1) is 0 Å². The summed E-state index contributed by atoms with van der Waals surface area (Å²) >= 11 is 0. The van der Waals surface area contributed by atoms with Crippen molar-refractivity contribution in [3.8, 4) is 0 Å². The molecule has 1 saturated heterocycles. The van der Waals surface area contributed by atoms with Crippen molar-refractivity contribution >= 4 is 22.5 Å². The van der Waals surface area contributed by atoms with E-state index in [1.165, 1.54) is 11.1 Å². The van der Waals surface area contributed by atoms with E-state index in [9.17, 15) is 4.79 Å². The maximum atomic E-state index is 12.6. The highest BCUT2D eigenvalue weighted by Gasteiger charge is 2.46. The molecule has 0 spiro atoms. The molecule has 5 N–H and O–H groups in total. The first-order valence-electron chi connectivity index (χ1n) is 8.86. The lowest BCUT2D eigenvalue weighted by Crippen LogP contribution is -2.69. The number of nitrogens with zero attached hydrogens (tertiary/aromatic N) is 1. The minimum Gasteiger partial charge on any atom is -0.353 e. The van der Waals surface area contributed by atoms with E-state index in [1.807, 2.05) is 23.6 Å². The van der Waals surface area contributed by atoms with Crippen LogP contribution in [0.3, 0.4) is 0 Å². The van der Waals surface area contributed by atoms with Gasteiger partial charge in [0.05, 0.1) is 11.3 Å². The first kappa shape index (κ1) is 14.9. The Kier molecular flexibility index (Phi) is 2.99. The Balaban J connectivity index is 1.58. The van der Waals surface area contributed by atoms with Crippen molar-refractivity contribution in [2.24, 2.45) is 5.10 Å². The van der Waals surface area contributed by atoms with Gasteiger partial charge in [0, 0.05) is 34.5 Å². The van der Waals surface area contributed by atoms with Gasteiger partial charge in [0.15, 0.2) is 5.71 Å². The number of carbonyl (C=O) groups is 1. The Morgan fingerprint density at radius 2 is 2.28 bits per heavy atom. The monoisotopic (exact) mass is 336 g/mol. The van der Waals surface area contributed by atoms with Crippen LogP contribution < -0.4 is 16.1 Å². The number of hydrogen-bond acceptors (Lipinski definition) is 3. The van der Waals surface area contributed by atoms with Gasteiger partial charge in [0.1, 0.15) is 6.20 Å². The van der Waals surface area contributed by atoms with Gasteiger partial charge in [-0.15, -0.1) is 0 Å². The minimum atomic E-state index is -0.107. The Morgan fingerprint density at radius 1 is 1.40 bits per heavy atom. The van der Waals surface area contributed by atoms with Crippen LogP contribution in [-0.4, -0.2) is 35.7 Å². The number of amides is 1. The number of H-pyrrole nitrogens is 1. The number of nitrogens with two attached hydrogens (primary N) is 1. The molecular formula is C19H22N5O+. The summed E-state index contributed by atoms with van der Waals surface area (Å²) in [5.74, 6) is 0.00596. The summed E-state index contributed by atoms with van der Waals surface area (Å²) in [6.07, 6.45) is 3.09. The van der Waals surface area contributed by atoms with Crippen LogP contribution in [0.2, 0.25) is 0 Å². The molecule has 1 aromatic heterocycles. The van der Waals surface area contributed by atoms with Crippen LogP contribution >= 0.6 is 0 Å². The Labute approximate surface area is 145 Å². The van der Waals surface area contributed by atoms with Gasteiger partial charge in [-0.3, -0.25) is 4.79 Å². The third-order valence-corrected chi connectivity index (χ3v) is 5.69. The summed E-state index contributed by atoms with van der Waals surface area (Å²) in [5, 5.41) is 12.1. The molecule has 1 atom stereocenters. The predicted octanol–water partition coefficient (Wildman–Crippen LogP) is 0.716. The lowest BCUT2D eigenvalue weighted by molar-refractivity contribution is -0.590. The first-order chi connectivity index (χ1) is 12.1. The molecule has 6 nitrogen and oxygen atoms in total. The topological polar surface area (TPSA) is 85.9 Å². The maximum absolute atomic E-state index is 12.6. The van der Waals surface area contributed by atoms with Crippen LogP contribution in [0.1, 0.15) is 41.9 Å². The fourth-order valence-corrected chi connectivity index (χ4v) is 4.38. The molecule has 3 heterocycles. The fourth-order valence-electron chi connectivity index (χ4n) is 4.38. The number of quaternary nitrogens is 1. The summed E-state index contributed by atoms with van der Waals surface area (Å²) in [7, 11) is 0. The third kappa shape index (κ3) is 2.04. The molecule has 2 aliphatic heterocycles. The van der Waals surface area contributed by atoms with Crippen molar-refractivity contribution in [3.05, 3.63) is 46.8 Å². The molecule has 0 radical (unpaired) electrons. The first-order valence-corrected chi connectivity index (χ1v) is 8.86. The molecule has 0 saturated carbocycles. The number of benzene rings is 1. The average Bonchev–Trinajstić information content (AvgIpc) is 3.33. The second kappa shape index (κ2) is 5.03. The SMILES string of the molecule is CC1(C)C2=C[NH2+]N=C2c2[nH]c3ccc(C(=O)NC4CCNC4)cc3c21. The number of fused-ring (bicyclic) bond motifs is 5. The highest BCUT2D eigenvalue weighted by atomic mass is 16.1. The van der Waals surface area contributed by atoms with Gasteiger partial charge >= 0.3 is 0 Å². The molecule has 1 aliphatic carbocycles. The van der Waals surface area contributed by atoms with Crippen molar-refractivity contribution in [1.82, 2.24) is 15.6 Å². The number of hydrogen-bond donors (Lipinski definition) is 4. The van der Waals surface area contributed by atoms with E-state index in [0.717, 1.165) is 47.4 Å². The zero-order valence-corrected chi connectivity index (χ0v) is 14.4. The maximum Gasteiger partial charge on any atom is 0.251 e. The normalized spacial score (nSPS) is 23.4. The van der Waals surface area contributed by atoms with Gasteiger partial charge < -0.3 is 15.6 Å². The smallest absolute Gasteiger partial charge is 0.251 e. The largest absolute Gasteiger partial charge is 0.353 e. The van der Waals surface area contributed by atoms with Gasteiger partial charge in [-0.1, -0.05) is 18.9 Å². The Bertz CT molecular complexity index is 960. The third-order valence-electron chi connectivity index (χ3n) is 5.69. The van der Waals surface area contributed by atoms with Crippen molar-refractivity contribution < 1.29 is 10.2 Å². The number of carbonyl (C=O) groups excluding carboxylic acids is 1. The molecular weight excluding hydrogens is 314 g/mol. The molecule has 25 heavy (non-hydrogen) atoms. The van der Waals surface area contributed by atoms with Gasteiger partial charge in [0.2, 0.25) is 0 Å². The van der Waals surface area contributed by atoms with E-state index < -0.39 is 0 Å². The Morgan fingerprint density at radius 3 is 3.08 bits per heavy atom. The van der Waals surface area contributed by atoms with E-state index in [2.05, 4.69) is 40.8 Å². The molecule has 3 aliphatic rings. The van der Waals surface area contributed by atoms with E-state index >= 15 is 0 Å². The van der Waals surface area contributed by atoms with Gasteiger partial charge in [-0.2, -0.15) is 5.43 Å². The minimum absolute atomic E-state index is 0.00596. The van der Waals surface area contributed by atoms with Crippen LogP contribution in [-0.2, 0) is 5.41 Å². The summed E-state index contributed by atoms with van der Waals surface area (Å²) in [6.45, 7) is 6.27. The lowest BCUT2D eigenvalue weighted by Gasteiger charge is -2.19. The lowest BCUT2D eigenvalue weighted by atomic mass is 9.82. The summed E-state index contributed by atoms with van der Waals surface area (Å²) in [4.78, 5) is 16.1. The highest BCUT2D eigenvalue weighted by Crippen LogP contribution is 2.46. The standard InChI is InChI=1S/C19H21N5O/c1-19(2)13-9-21-24-16(13)17-15(19)12-7-10(3-4-14(12)23-17)18(25)22-11-5-6-20-8-11/h3-4,7,9,11,20,23H,5-6,8H2,1-2H3,(H,21,24)(H,22,25)/p+1. The number of rotatable bonds is 2. The average molecular weight is 336 g/mol. The second-order valence-corrected chi connectivity index (χ2v) is 7.63. The van der Waals surface area contributed by atoms with Crippen LogP contribution in [0.5, 0.6) is 0 Å². The molecule has 1 fully saturated rings. The quantitative estimate of drug-likeness (QED) is 0.609. The van der Waals surface area contributed by atoms with Gasteiger partial charge in [-0.05, 0) is 36.7 Å². The van der Waals surface area contributed by atoms with Crippen LogP contribution in [0.25, 0.3) is 10.9 Å². The van der Waals surface area contributed by atoms with E-state index in [1.54, 1.807) is 0 Å². The zero-order valence-electron chi connectivity index (χ0n) is 14.4. The van der Waals surface area contributed by atoms with Crippen molar-refractivity contribution in [2.45, 2.75) is 31.7 Å². The fraction of sp³-hybridized carbons (Fsp3) is 0.368. The molecule has 1 amide bonds. The second-order valence-electron chi connectivity index (χ2n) is 7.63. The number of aromatic nitrogens is 1. The van der Waals surface area contributed by atoms with E-state index in [4.69, 9.17) is 0 Å². The molecule has 128 valence electrons. The van der Waals surface area contributed by atoms with E-state index in [-0.39, 0.29) is 17.4 Å². The molecule has 5 rings (SSSR count). The number of nitrogens with one attached hydrogen (secondary N) is 3. The predicted molar refractivity (Wildman–Crippen MR) is 96.6 cm³/mol. The summed E-state index contributed by atoms with van der Waals surface area (Å²) in [6, 6.07) is 6.16. The molecule has 1 unspecified atom stereocenters. The summed E-state index contributed by atoms with van der Waals surface area (Å²) < 4.78 is 0. The van der Waals surface area contributed by atoms with Crippen LogP contribution in [0.15, 0.2) is 35.1 Å². The van der Waals surface area contributed by atoms with Crippen molar-refractivity contribution in [2.75, 3.05) is 13.1 Å². The zero-order chi connectivity index (χ0) is 17.2. The molecule has 2 aromatic rings. The molecule has 0 bridgehead atoms. The van der Waals surface area contributed by atoms with Crippen LogP contribution in [0.4, 0.5) is 0 Å². The molecule has 1 aromatic carbocycles. The van der Waals surface area contributed by atoms with Crippen molar-refractivity contribution in [3.63, 3.8) is 0 Å². The summed E-state index contributed by atoms with van der Waals surface area (Å²) in [5.41, 5.74) is 8.18. The molecule has 6 heteroatoms.